The van der Waals surface area contributed by atoms with Gasteiger partial charge in [0.2, 0.25) is 0 Å². The van der Waals surface area contributed by atoms with Crippen LogP contribution in [0.25, 0.3) is 0 Å². The predicted octanol–water partition coefficient (Wildman–Crippen LogP) is 2.75. The summed E-state index contributed by atoms with van der Waals surface area (Å²) in [6, 6.07) is 0. The SMILES string of the molecule is C=CCC1CC(C)(C)CCC1O. The second kappa shape index (κ2) is 3.61. The zero-order chi connectivity index (χ0) is 9.19. The van der Waals surface area contributed by atoms with Crippen LogP contribution in [-0.4, -0.2) is 11.2 Å². The zero-order valence-electron chi connectivity index (χ0n) is 8.21. The fourth-order valence-corrected chi connectivity index (χ4v) is 2.18. The van der Waals surface area contributed by atoms with Crippen molar-refractivity contribution in [2.45, 2.75) is 45.6 Å². The molecule has 1 aliphatic rings. The van der Waals surface area contributed by atoms with Crippen LogP contribution in [0.2, 0.25) is 0 Å². The van der Waals surface area contributed by atoms with Crippen molar-refractivity contribution in [3.63, 3.8) is 0 Å². The van der Waals surface area contributed by atoms with Crippen LogP contribution in [0.15, 0.2) is 12.7 Å². The maximum absolute atomic E-state index is 9.68. The average Bonchev–Trinajstić information content (AvgIpc) is 1.97. The van der Waals surface area contributed by atoms with Crippen LogP contribution >= 0.6 is 0 Å². The third kappa shape index (κ3) is 2.34. The van der Waals surface area contributed by atoms with Gasteiger partial charge in [-0.3, -0.25) is 0 Å². The van der Waals surface area contributed by atoms with E-state index >= 15 is 0 Å². The van der Waals surface area contributed by atoms with Gasteiger partial charge in [0.25, 0.3) is 0 Å². The first-order valence-electron chi connectivity index (χ1n) is 4.84. The van der Waals surface area contributed by atoms with E-state index in [1.54, 1.807) is 0 Å². The van der Waals surface area contributed by atoms with Gasteiger partial charge in [0.1, 0.15) is 0 Å². The Morgan fingerprint density at radius 2 is 2.25 bits per heavy atom. The summed E-state index contributed by atoms with van der Waals surface area (Å²) in [5.41, 5.74) is 0.424. The summed E-state index contributed by atoms with van der Waals surface area (Å²) in [5.74, 6) is 0.450. The highest BCUT2D eigenvalue weighted by Crippen LogP contribution is 2.39. The van der Waals surface area contributed by atoms with Gasteiger partial charge in [0.15, 0.2) is 0 Å². The molecule has 0 aromatic carbocycles. The maximum Gasteiger partial charge on any atom is 0.0571 e. The molecule has 2 atom stereocenters. The second-order valence-electron chi connectivity index (χ2n) is 4.76. The van der Waals surface area contributed by atoms with Crippen molar-refractivity contribution >= 4 is 0 Å². The molecule has 1 heteroatoms. The van der Waals surface area contributed by atoms with Crippen LogP contribution in [0.3, 0.4) is 0 Å². The van der Waals surface area contributed by atoms with Crippen molar-refractivity contribution in [1.29, 1.82) is 0 Å². The Morgan fingerprint density at radius 1 is 1.58 bits per heavy atom. The van der Waals surface area contributed by atoms with Gasteiger partial charge in [-0.25, -0.2) is 0 Å². The number of hydrogen-bond donors (Lipinski definition) is 1. The molecular formula is C11H20O. The van der Waals surface area contributed by atoms with E-state index in [1.807, 2.05) is 6.08 Å². The minimum Gasteiger partial charge on any atom is -0.393 e. The summed E-state index contributed by atoms with van der Waals surface area (Å²) in [6.45, 7) is 8.30. The molecule has 0 radical (unpaired) electrons. The molecule has 0 heterocycles. The molecule has 1 N–H and O–H groups in total. The summed E-state index contributed by atoms with van der Waals surface area (Å²) in [4.78, 5) is 0. The molecule has 70 valence electrons. The molecule has 12 heavy (non-hydrogen) atoms. The summed E-state index contributed by atoms with van der Waals surface area (Å²) in [5, 5.41) is 9.68. The molecule has 0 amide bonds. The van der Waals surface area contributed by atoms with E-state index in [2.05, 4.69) is 20.4 Å². The minimum absolute atomic E-state index is 0.0870. The van der Waals surface area contributed by atoms with Crippen molar-refractivity contribution in [2.75, 3.05) is 0 Å². The minimum atomic E-state index is -0.0870. The molecule has 1 fully saturated rings. The average molecular weight is 168 g/mol. The normalized spacial score (nSPS) is 34.6. The van der Waals surface area contributed by atoms with Gasteiger partial charge in [0.05, 0.1) is 6.10 Å². The Balaban J connectivity index is 2.53. The highest BCUT2D eigenvalue weighted by Gasteiger charge is 2.32. The van der Waals surface area contributed by atoms with Crippen LogP contribution in [0.5, 0.6) is 0 Å². The van der Waals surface area contributed by atoms with Gasteiger partial charge in [-0.15, -0.1) is 6.58 Å². The molecule has 0 aromatic rings. The summed E-state index contributed by atoms with van der Waals surface area (Å²) in [7, 11) is 0. The Kier molecular flexibility index (Phi) is 2.94. The lowest BCUT2D eigenvalue weighted by Gasteiger charge is -2.38. The van der Waals surface area contributed by atoms with Crippen LogP contribution in [0, 0.1) is 11.3 Å². The number of allylic oxidation sites excluding steroid dienone is 1. The van der Waals surface area contributed by atoms with Gasteiger partial charge in [0, 0.05) is 0 Å². The first-order valence-corrected chi connectivity index (χ1v) is 4.84. The van der Waals surface area contributed by atoms with E-state index in [0.29, 0.717) is 11.3 Å². The van der Waals surface area contributed by atoms with Crippen molar-refractivity contribution in [2.24, 2.45) is 11.3 Å². The van der Waals surface area contributed by atoms with Gasteiger partial charge in [-0.05, 0) is 37.0 Å². The highest BCUT2D eigenvalue weighted by atomic mass is 16.3. The van der Waals surface area contributed by atoms with Crippen molar-refractivity contribution in [3.8, 4) is 0 Å². The first kappa shape index (κ1) is 9.79. The smallest absolute Gasteiger partial charge is 0.0571 e. The summed E-state index contributed by atoms with van der Waals surface area (Å²) in [6.07, 6.45) is 6.06. The number of aliphatic hydroxyl groups is 1. The van der Waals surface area contributed by atoms with Gasteiger partial charge >= 0.3 is 0 Å². The van der Waals surface area contributed by atoms with Crippen LogP contribution in [0.4, 0.5) is 0 Å². The van der Waals surface area contributed by atoms with Crippen molar-refractivity contribution in [1.82, 2.24) is 0 Å². The summed E-state index contributed by atoms with van der Waals surface area (Å²) >= 11 is 0. The molecule has 0 spiro atoms. The first-order chi connectivity index (χ1) is 5.55. The standard InChI is InChI=1S/C11H20O/c1-4-5-9-8-11(2,3)7-6-10(9)12/h4,9-10,12H,1,5-8H2,2-3H3. The molecule has 1 aliphatic carbocycles. The van der Waals surface area contributed by atoms with Crippen LogP contribution < -0.4 is 0 Å². The van der Waals surface area contributed by atoms with E-state index in [-0.39, 0.29) is 6.10 Å². The van der Waals surface area contributed by atoms with E-state index in [4.69, 9.17) is 0 Å². The molecule has 2 unspecified atom stereocenters. The van der Waals surface area contributed by atoms with Gasteiger partial charge in [-0.2, -0.15) is 0 Å². The zero-order valence-corrected chi connectivity index (χ0v) is 8.21. The number of aliphatic hydroxyl groups excluding tert-OH is 1. The fourth-order valence-electron chi connectivity index (χ4n) is 2.18. The third-order valence-corrected chi connectivity index (χ3v) is 2.95. The molecular weight excluding hydrogens is 148 g/mol. The van der Waals surface area contributed by atoms with Crippen LogP contribution in [-0.2, 0) is 0 Å². The van der Waals surface area contributed by atoms with E-state index in [9.17, 15) is 5.11 Å². The van der Waals surface area contributed by atoms with E-state index in [1.165, 1.54) is 0 Å². The maximum atomic E-state index is 9.68. The lowest BCUT2D eigenvalue weighted by molar-refractivity contribution is 0.0231. The van der Waals surface area contributed by atoms with E-state index in [0.717, 1.165) is 25.7 Å². The fraction of sp³-hybridized carbons (Fsp3) is 0.818. The molecule has 0 bridgehead atoms. The van der Waals surface area contributed by atoms with Crippen LogP contribution in [0.1, 0.15) is 39.5 Å². The Hall–Kier alpha value is -0.300. The summed E-state index contributed by atoms with van der Waals surface area (Å²) < 4.78 is 0. The molecule has 0 aliphatic heterocycles. The lowest BCUT2D eigenvalue weighted by Crippen LogP contribution is -2.33. The third-order valence-electron chi connectivity index (χ3n) is 2.95. The lowest BCUT2D eigenvalue weighted by atomic mass is 9.70. The van der Waals surface area contributed by atoms with Gasteiger partial charge in [-0.1, -0.05) is 19.9 Å². The second-order valence-corrected chi connectivity index (χ2v) is 4.76. The molecule has 1 saturated carbocycles. The topological polar surface area (TPSA) is 20.2 Å². The number of hydrogen-bond acceptors (Lipinski definition) is 1. The Bertz CT molecular complexity index is 160. The van der Waals surface area contributed by atoms with Gasteiger partial charge < -0.3 is 5.11 Å². The van der Waals surface area contributed by atoms with Crippen molar-refractivity contribution in [3.05, 3.63) is 12.7 Å². The highest BCUT2D eigenvalue weighted by molar-refractivity contribution is 4.88. The predicted molar refractivity (Wildman–Crippen MR) is 51.9 cm³/mol. The molecule has 1 nitrogen and oxygen atoms in total. The monoisotopic (exact) mass is 168 g/mol. The van der Waals surface area contributed by atoms with E-state index < -0.39 is 0 Å². The number of rotatable bonds is 2. The molecule has 1 rings (SSSR count). The van der Waals surface area contributed by atoms with Crippen molar-refractivity contribution < 1.29 is 5.11 Å². The Labute approximate surface area is 75.5 Å². The molecule has 0 aromatic heterocycles. The Morgan fingerprint density at radius 3 is 2.83 bits per heavy atom. The largest absolute Gasteiger partial charge is 0.393 e. The quantitative estimate of drug-likeness (QED) is 0.629. The molecule has 0 saturated heterocycles.